The van der Waals surface area contributed by atoms with E-state index in [4.69, 9.17) is 4.74 Å². The van der Waals surface area contributed by atoms with Gasteiger partial charge in [0.25, 0.3) is 0 Å². The summed E-state index contributed by atoms with van der Waals surface area (Å²) in [6.07, 6.45) is 5.82. The molecule has 2 heterocycles. The number of rotatable bonds is 4. The standard InChI is InChI=1S/C19H27N3O2/c1-20-17-3-2-10-22(15-17)19(23)9-6-16-4-7-18(8-5-16)21-11-13-24-14-12-21/h4-9,17,20H,2-3,10-15H2,1H3. The number of hydrogen-bond donors (Lipinski definition) is 1. The second-order valence-corrected chi connectivity index (χ2v) is 6.44. The quantitative estimate of drug-likeness (QED) is 0.855. The Kier molecular flexibility index (Phi) is 5.88. The molecule has 1 N–H and O–H groups in total. The van der Waals surface area contributed by atoms with Crippen molar-refractivity contribution in [1.29, 1.82) is 0 Å². The summed E-state index contributed by atoms with van der Waals surface area (Å²) >= 11 is 0. The van der Waals surface area contributed by atoms with E-state index < -0.39 is 0 Å². The van der Waals surface area contributed by atoms with E-state index in [9.17, 15) is 4.79 Å². The number of nitrogens with one attached hydrogen (secondary N) is 1. The van der Waals surface area contributed by atoms with Crippen molar-refractivity contribution in [2.24, 2.45) is 0 Å². The fourth-order valence-electron chi connectivity index (χ4n) is 3.30. The van der Waals surface area contributed by atoms with Crippen molar-refractivity contribution in [3.05, 3.63) is 35.9 Å². The third kappa shape index (κ3) is 4.36. The smallest absolute Gasteiger partial charge is 0.246 e. The second-order valence-electron chi connectivity index (χ2n) is 6.44. The fourth-order valence-corrected chi connectivity index (χ4v) is 3.30. The van der Waals surface area contributed by atoms with Gasteiger partial charge in [0.15, 0.2) is 0 Å². The summed E-state index contributed by atoms with van der Waals surface area (Å²) in [5, 5.41) is 3.27. The number of amides is 1. The highest BCUT2D eigenvalue weighted by Crippen LogP contribution is 2.17. The molecule has 0 saturated carbocycles. The van der Waals surface area contributed by atoms with Crippen LogP contribution in [0, 0.1) is 0 Å². The molecule has 1 amide bonds. The molecule has 0 radical (unpaired) electrons. The Bertz CT molecular complexity index is 564. The lowest BCUT2D eigenvalue weighted by molar-refractivity contribution is -0.127. The van der Waals surface area contributed by atoms with E-state index in [0.717, 1.165) is 57.8 Å². The Morgan fingerprint density at radius 2 is 1.96 bits per heavy atom. The van der Waals surface area contributed by atoms with Gasteiger partial charge in [0.1, 0.15) is 0 Å². The molecule has 5 heteroatoms. The van der Waals surface area contributed by atoms with Crippen molar-refractivity contribution in [2.45, 2.75) is 18.9 Å². The predicted octanol–water partition coefficient (Wildman–Crippen LogP) is 1.75. The molecule has 1 aromatic carbocycles. The molecule has 2 aliphatic heterocycles. The van der Waals surface area contributed by atoms with E-state index in [0.29, 0.717) is 6.04 Å². The zero-order valence-corrected chi connectivity index (χ0v) is 14.4. The molecule has 1 unspecified atom stereocenters. The predicted molar refractivity (Wildman–Crippen MR) is 97.2 cm³/mol. The number of piperidine rings is 1. The Morgan fingerprint density at radius 3 is 2.67 bits per heavy atom. The van der Waals surface area contributed by atoms with E-state index in [2.05, 4.69) is 34.5 Å². The minimum absolute atomic E-state index is 0.104. The van der Waals surface area contributed by atoms with Crippen LogP contribution in [0.2, 0.25) is 0 Å². The number of likely N-dealkylation sites (N-methyl/N-ethyl adjacent to an activating group) is 1. The molecule has 0 aromatic heterocycles. The third-order valence-electron chi connectivity index (χ3n) is 4.83. The van der Waals surface area contributed by atoms with Gasteiger partial charge in [0, 0.05) is 44.0 Å². The highest BCUT2D eigenvalue weighted by atomic mass is 16.5. The Morgan fingerprint density at radius 1 is 1.21 bits per heavy atom. The van der Waals surface area contributed by atoms with Gasteiger partial charge >= 0.3 is 0 Å². The molecule has 5 nitrogen and oxygen atoms in total. The van der Waals surface area contributed by atoms with Gasteiger partial charge in [-0.2, -0.15) is 0 Å². The third-order valence-corrected chi connectivity index (χ3v) is 4.83. The van der Waals surface area contributed by atoms with Crippen LogP contribution in [-0.2, 0) is 9.53 Å². The van der Waals surface area contributed by atoms with E-state index in [1.165, 1.54) is 5.69 Å². The number of hydrogen-bond acceptors (Lipinski definition) is 4. The van der Waals surface area contributed by atoms with Crippen molar-refractivity contribution in [1.82, 2.24) is 10.2 Å². The minimum atomic E-state index is 0.104. The highest BCUT2D eigenvalue weighted by molar-refractivity contribution is 5.91. The lowest BCUT2D eigenvalue weighted by atomic mass is 10.1. The Balaban J connectivity index is 1.56. The van der Waals surface area contributed by atoms with Gasteiger partial charge in [-0.1, -0.05) is 12.1 Å². The van der Waals surface area contributed by atoms with E-state index in [-0.39, 0.29) is 5.91 Å². The first kappa shape index (κ1) is 17.0. The van der Waals surface area contributed by atoms with Gasteiger partial charge in [-0.15, -0.1) is 0 Å². The van der Waals surface area contributed by atoms with Crippen LogP contribution in [0.15, 0.2) is 30.3 Å². The van der Waals surface area contributed by atoms with Gasteiger partial charge < -0.3 is 19.9 Å². The molecule has 0 bridgehead atoms. The molecular formula is C19H27N3O2. The van der Waals surface area contributed by atoms with Crippen molar-refractivity contribution in [3.63, 3.8) is 0 Å². The SMILES string of the molecule is CNC1CCCN(C(=O)C=Cc2ccc(N3CCOCC3)cc2)C1. The zero-order chi connectivity index (χ0) is 16.8. The average molecular weight is 329 g/mol. The Labute approximate surface area is 144 Å². The van der Waals surface area contributed by atoms with Crippen LogP contribution in [0.25, 0.3) is 6.08 Å². The monoisotopic (exact) mass is 329 g/mol. The molecule has 3 rings (SSSR count). The molecule has 2 aliphatic rings. The highest BCUT2D eigenvalue weighted by Gasteiger charge is 2.20. The van der Waals surface area contributed by atoms with Gasteiger partial charge in [0.2, 0.25) is 5.91 Å². The largest absolute Gasteiger partial charge is 0.378 e. The molecule has 2 saturated heterocycles. The zero-order valence-electron chi connectivity index (χ0n) is 14.4. The first-order chi connectivity index (χ1) is 11.8. The van der Waals surface area contributed by atoms with Crippen LogP contribution in [0.1, 0.15) is 18.4 Å². The van der Waals surface area contributed by atoms with Crippen LogP contribution < -0.4 is 10.2 Å². The van der Waals surface area contributed by atoms with Gasteiger partial charge in [0.05, 0.1) is 13.2 Å². The summed E-state index contributed by atoms with van der Waals surface area (Å²) in [7, 11) is 1.96. The van der Waals surface area contributed by atoms with Crippen LogP contribution in [0.4, 0.5) is 5.69 Å². The normalized spacial score (nSPS) is 22.1. The molecule has 1 atom stereocenters. The van der Waals surface area contributed by atoms with Crippen molar-refractivity contribution >= 4 is 17.7 Å². The molecular weight excluding hydrogens is 302 g/mol. The summed E-state index contributed by atoms with van der Waals surface area (Å²) in [5.41, 5.74) is 2.28. The van der Waals surface area contributed by atoms with E-state index >= 15 is 0 Å². The first-order valence-corrected chi connectivity index (χ1v) is 8.83. The summed E-state index contributed by atoms with van der Waals surface area (Å²) in [4.78, 5) is 16.6. The molecule has 2 fully saturated rings. The topological polar surface area (TPSA) is 44.8 Å². The summed E-state index contributed by atoms with van der Waals surface area (Å²) in [5.74, 6) is 0.104. The number of ether oxygens (including phenoxy) is 1. The van der Waals surface area contributed by atoms with Crippen LogP contribution in [0.3, 0.4) is 0 Å². The maximum absolute atomic E-state index is 12.3. The second kappa shape index (κ2) is 8.31. The van der Waals surface area contributed by atoms with Crippen LogP contribution >= 0.6 is 0 Å². The summed E-state index contributed by atoms with van der Waals surface area (Å²) < 4.78 is 5.38. The maximum Gasteiger partial charge on any atom is 0.246 e. The van der Waals surface area contributed by atoms with E-state index in [1.807, 2.05) is 18.0 Å². The molecule has 1 aromatic rings. The van der Waals surface area contributed by atoms with Gasteiger partial charge in [-0.3, -0.25) is 4.79 Å². The number of benzene rings is 1. The van der Waals surface area contributed by atoms with Crippen molar-refractivity contribution in [2.75, 3.05) is 51.3 Å². The molecule has 24 heavy (non-hydrogen) atoms. The summed E-state index contributed by atoms with van der Waals surface area (Å²) in [6.45, 7) is 5.12. The summed E-state index contributed by atoms with van der Waals surface area (Å²) in [6, 6.07) is 8.80. The maximum atomic E-state index is 12.3. The lowest BCUT2D eigenvalue weighted by Gasteiger charge is -2.31. The minimum Gasteiger partial charge on any atom is -0.378 e. The first-order valence-electron chi connectivity index (χ1n) is 8.83. The number of carbonyl (C=O) groups is 1. The molecule has 0 spiro atoms. The number of nitrogens with zero attached hydrogens (tertiary/aromatic N) is 2. The number of likely N-dealkylation sites (tertiary alicyclic amines) is 1. The molecule has 130 valence electrons. The van der Waals surface area contributed by atoms with Crippen LogP contribution in [-0.4, -0.2) is 63.3 Å². The van der Waals surface area contributed by atoms with Crippen molar-refractivity contribution in [3.8, 4) is 0 Å². The van der Waals surface area contributed by atoms with Gasteiger partial charge in [-0.25, -0.2) is 0 Å². The van der Waals surface area contributed by atoms with Crippen LogP contribution in [0.5, 0.6) is 0 Å². The fraction of sp³-hybridized carbons (Fsp3) is 0.526. The number of anilines is 1. The molecule has 0 aliphatic carbocycles. The van der Waals surface area contributed by atoms with E-state index in [1.54, 1.807) is 6.08 Å². The number of morpholine rings is 1. The van der Waals surface area contributed by atoms with Gasteiger partial charge in [-0.05, 0) is 43.7 Å². The lowest BCUT2D eigenvalue weighted by Crippen LogP contribution is -2.46. The number of carbonyl (C=O) groups excluding carboxylic acids is 1. The average Bonchev–Trinajstić information content (AvgIpc) is 2.67. The van der Waals surface area contributed by atoms with Crippen molar-refractivity contribution < 1.29 is 9.53 Å². The Hall–Kier alpha value is -1.85.